The van der Waals surface area contributed by atoms with Gasteiger partial charge in [0.15, 0.2) is 0 Å². The molecule has 0 bridgehead atoms. The van der Waals surface area contributed by atoms with Gasteiger partial charge in [0.25, 0.3) is 0 Å². The number of carbonyl (C=O) groups excluding carboxylic acids is 1. The fourth-order valence-corrected chi connectivity index (χ4v) is 3.46. The van der Waals surface area contributed by atoms with E-state index in [4.69, 9.17) is 4.74 Å². The number of aryl methyl sites for hydroxylation is 1. The van der Waals surface area contributed by atoms with Gasteiger partial charge in [-0.1, -0.05) is 11.1 Å². The molecule has 0 saturated carbocycles. The molecule has 20 heavy (non-hydrogen) atoms. The number of nitrogens with zero attached hydrogens (tertiary/aromatic N) is 2. The Morgan fingerprint density at radius 1 is 1.35 bits per heavy atom. The van der Waals surface area contributed by atoms with Crippen LogP contribution in [0.3, 0.4) is 0 Å². The number of rotatable bonds is 3. The maximum atomic E-state index is 11.5. The van der Waals surface area contributed by atoms with Crippen LogP contribution in [0.5, 0.6) is 0 Å². The second-order valence-electron chi connectivity index (χ2n) is 5.40. The van der Waals surface area contributed by atoms with E-state index >= 15 is 0 Å². The third kappa shape index (κ3) is 3.46. The Bertz CT molecular complexity index is 520. The summed E-state index contributed by atoms with van der Waals surface area (Å²) in [5.41, 5.74) is 4.01. The summed E-state index contributed by atoms with van der Waals surface area (Å²) in [6.45, 7) is 9.42. The number of carbonyl (C=O) groups is 1. The van der Waals surface area contributed by atoms with Crippen LogP contribution >= 0.6 is 11.3 Å². The van der Waals surface area contributed by atoms with Gasteiger partial charge in [-0.3, -0.25) is 4.90 Å². The Kier molecular flexibility index (Phi) is 4.94. The van der Waals surface area contributed by atoms with E-state index < -0.39 is 0 Å². The highest BCUT2D eigenvalue weighted by Crippen LogP contribution is 2.25. The maximum Gasteiger partial charge on any atom is 0.367 e. The van der Waals surface area contributed by atoms with Gasteiger partial charge in [-0.15, -0.1) is 11.3 Å². The second-order valence-corrected chi connectivity index (χ2v) is 6.48. The van der Waals surface area contributed by atoms with Crippen LogP contribution in [0.4, 0.5) is 0 Å². The lowest BCUT2D eigenvalue weighted by Gasteiger charge is -2.28. The summed E-state index contributed by atoms with van der Waals surface area (Å²) in [6.07, 6.45) is 2.31. The van der Waals surface area contributed by atoms with E-state index in [-0.39, 0.29) is 5.97 Å². The van der Waals surface area contributed by atoms with Crippen molar-refractivity contribution < 1.29 is 9.53 Å². The minimum atomic E-state index is -0.338. The fourth-order valence-electron chi connectivity index (χ4n) is 2.43. The molecular formula is C15H22N2O2S. The predicted molar refractivity (Wildman–Crippen MR) is 81.1 cm³/mol. The summed E-state index contributed by atoms with van der Waals surface area (Å²) in [5.74, 6) is -0.338. The van der Waals surface area contributed by atoms with E-state index in [1.807, 2.05) is 6.92 Å². The first-order valence-corrected chi connectivity index (χ1v) is 7.75. The van der Waals surface area contributed by atoms with E-state index in [9.17, 15) is 4.79 Å². The summed E-state index contributed by atoms with van der Waals surface area (Å²) in [4.78, 5) is 19.4. The molecule has 0 aromatic carbocycles. The predicted octanol–water partition coefficient (Wildman–Crippen LogP) is 3.17. The summed E-state index contributed by atoms with van der Waals surface area (Å²) < 4.78 is 4.72. The highest BCUT2D eigenvalue weighted by molar-refractivity contribution is 7.13. The van der Waals surface area contributed by atoms with Gasteiger partial charge in [0, 0.05) is 24.5 Å². The van der Waals surface area contributed by atoms with Crippen LogP contribution in [0.25, 0.3) is 0 Å². The van der Waals surface area contributed by atoms with Crippen LogP contribution in [-0.2, 0) is 11.3 Å². The zero-order valence-corrected chi connectivity index (χ0v) is 13.5. The van der Waals surface area contributed by atoms with Crippen molar-refractivity contribution in [2.45, 2.75) is 40.2 Å². The number of hydrogen-bond donors (Lipinski definition) is 0. The Morgan fingerprint density at radius 2 is 2.00 bits per heavy atom. The Labute approximate surface area is 124 Å². The average Bonchev–Trinajstić information content (AvgIpc) is 2.80. The zero-order valence-electron chi connectivity index (χ0n) is 12.7. The van der Waals surface area contributed by atoms with Crippen molar-refractivity contribution >= 4 is 17.3 Å². The molecule has 1 aliphatic rings. The molecule has 1 saturated heterocycles. The number of ether oxygens (including phenoxy) is 1. The van der Waals surface area contributed by atoms with Crippen molar-refractivity contribution in [1.29, 1.82) is 0 Å². The normalized spacial score (nSPS) is 16.3. The van der Waals surface area contributed by atoms with Gasteiger partial charge in [-0.25, -0.2) is 9.78 Å². The van der Waals surface area contributed by atoms with E-state index in [0.717, 1.165) is 38.2 Å². The molecule has 1 aromatic rings. The van der Waals surface area contributed by atoms with Crippen LogP contribution in [0.15, 0.2) is 11.1 Å². The van der Waals surface area contributed by atoms with Crippen molar-refractivity contribution in [3.05, 3.63) is 26.7 Å². The molecule has 2 rings (SSSR count). The smallest absolute Gasteiger partial charge is 0.367 e. The van der Waals surface area contributed by atoms with Crippen molar-refractivity contribution in [2.24, 2.45) is 0 Å². The largest absolute Gasteiger partial charge is 0.464 e. The first kappa shape index (κ1) is 15.2. The zero-order chi connectivity index (χ0) is 14.7. The van der Waals surface area contributed by atoms with Crippen LogP contribution in [0.1, 0.15) is 47.1 Å². The van der Waals surface area contributed by atoms with Crippen molar-refractivity contribution in [1.82, 2.24) is 9.88 Å². The van der Waals surface area contributed by atoms with Crippen LogP contribution in [0, 0.1) is 6.92 Å². The molecule has 0 radical (unpaired) electrons. The number of esters is 1. The van der Waals surface area contributed by atoms with Crippen LogP contribution in [0.2, 0.25) is 0 Å². The summed E-state index contributed by atoms with van der Waals surface area (Å²) in [7, 11) is 1.39. The SMILES string of the molecule is COC(=O)c1nc(C)c(CN2CCC(=C(C)C)CC2)s1. The van der Waals surface area contributed by atoms with Crippen LogP contribution < -0.4 is 0 Å². The van der Waals surface area contributed by atoms with Gasteiger partial charge in [0.1, 0.15) is 0 Å². The highest BCUT2D eigenvalue weighted by Gasteiger charge is 2.19. The van der Waals surface area contributed by atoms with Gasteiger partial charge < -0.3 is 4.74 Å². The minimum Gasteiger partial charge on any atom is -0.464 e. The van der Waals surface area contributed by atoms with Gasteiger partial charge in [0.05, 0.1) is 12.8 Å². The number of thiazole rings is 1. The topological polar surface area (TPSA) is 42.4 Å². The van der Waals surface area contributed by atoms with Gasteiger partial charge >= 0.3 is 5.97 Å². The lowest BCUT2D eigenvalue weighted by molar-refractivity contribution is 0.0600. The maximum absolute atomic E-state index is 11.5. The van der Waals surface area contributed by atoms with Crippen molar-refractivity contribution in [2.75, 3.05) is 20.2 Å². The standard InChI is InChI=1S/C15H22N2O2S/c1-10(2)12-5-7-17(8-6-12)9-13-11(3)16-14(20-13)15(18)19-4/h5-9H2,1-4H3. The number of aromatic nitrogens is 1. The molecule has 0 spiro atoms. The highest BCUT2D eigenvalue weighted by atomic mass is 32.1. The fraction of sp³-hybridized carbons (Fsp3) is 0.600. The van der Waals surface area contributed by atoms with Gasteiger partial charge in [0.2, 0.25) is 5.01 Å². The molecule has 0 N–H and O–H groups in total. The quantitative estimate of drug-likeness (QED) is 0.634. The molecule has 1 fully saturated rings. The molecule has 4 nitrogen and oxygen atoms in total. The molecule has 1 aromatic heterocycles. The number of hydrogen-bond acceptors (Lipinski definition) is 5. The number of piperidine rings is 1. The van der Waals surface area contributed by atoms with E-state index in [1.165, 1.54) is 28.9 Å². The lowest BCUT2D eigenvalue weighted by Crippen LogP contribution is -2.30. The third-order valence-corrected chi connectivity index (χ3v) is 4.91. The van der Waals surface area contributed by atoms with Crippen molar-refractivity contribution in [3.63, 3.8) is 0 Å². The first-order valence-electron chi connectivity index (χ1n) is 6.93. The number of methoxy groups -OCH3 is 1. The Morgan fingerprint density at radius 3 is 2.55 bits per heavy atom. The molecule has 110 valence electrons. The Balaban J connectivity index is 2.00. The van der Waals surface area contributed by atoms with Crippen molar-refractivity contribution in [3.8, 4) is 0 Å². The summed E-state index contributed by atoms with van der Waals surface area (Å²) in [6, 6.07) is 0. The van der Waals surface area contributed by atoms with E-state index in [0.29, 0.717) is 5.01 Å². The van der Waals surface area contributed by atoms with E-state index in [2.05, 4.69) is 23.7 Å². The molecule has 1 aliphatic heterocycles. The number of likely N-dealkylation sites (tertiary alicyclic amines) is 1. The second kappa shape index (κ2) is 6.50. The van der Waals surface area contributed by atoms with Crippen LogP contribution in [-0.4, -0.2) is 36.1 Å². The lowest BCUT2D eigenvalue weighted by atomic mass is 9.99. The first-order chi connectivity index (χ1) is 9.51. The molecule has 0 unspecified atom stereocenters. The molecular weight excluding hydrogens is 272 g/mol. The minimum absolute atomic E-state index is 0.338. The van der Waals surface area contributed by atoms with E-state index in [1.54, 1.807) is 5.57 Å². The number of allylic oxidation sites excluding steroid dienone is 1. The third-order valence-electron chi connectivity index (χ3n) is 3.79. The van der Waals surface area contributed by atoms with Gasteiger partial charge in [-0.05, 0) is 33.6 Å². The molecule has 0 atom stereocenters. The molecule has 2 heterocycles. The summed E-state index contributed by atoms with van der Waals surface area (Å²) >= 11 is 1.45. The summed E-state index contributed by atoms with van der Waals surface area (Å²) in [5, 5.41) is 0.460. The average molecular weight is 294 g/mol. The molecule has 0 amide bonds. The molecule has 5 heteroatoms. The molecule has 0 aliphatic carbocycles. The monoisotopic (exact) mass is 294 g/mol. The van der Waals surface area contributed by atoms with Gasteiger partial charge in [-0.2, -0.15) is 0 Å². The Hall–Kier alpha value is -1.20.